The molecule has 4 heteroatoms. The van der Waals surface area contributed by atoms with E-state index in [0.29, 0.717) is 22.9 Å². The van der Waals surface area contributed by atoms with Crippen molar-refractivity contribution in [1.82, 2.24) is 0 Å². The Labute approximate surface area is 105 Å². The molecule has 17 heavy (non-hydrogen) atoms. The van der Waals surface area contributed by atoms with E-state index in [2.05, 4.69) is 0 Å². The normalized spacial score (nSPS) is 9.94. The van der Waals surface area contributed by atoms with Crippen molar-refractivity contribution in [3.8, 4) is 17.2 Å². The number of nitrogens with two attached hydrogens (primary N) is 1. The van der Waals surface area contributed by atoms with Gasteiger partial charge < -0.3 is 15.2 Å². The first-order valence-electron chi connectivity index (χ1n) is 5.11. The standard InChI is InChI=1S/C13H12ClNO2/c14-9-16-10-5-7-11(8-6-10)17-13-4-2-1-3-12(13)15/h1-8H,9,15H2. The molecule has 0 aliphatic rings. The minimum Gasteiger partial charge on any atom is -0.478 e. The minimum absolute atomic E-state index is 0.131. The van der Waals surface area contributed by atoms with Crippen molar-refractivity contribution in [2.24, 2.45) is 0 Å². The van der Waals surface area contributed by atoms with Crippen LogP contribution in [-0.2, 0) is 0 Å². The van der Waals surface area contributed by atoms with Gasteiger partial charge in [-0.1, -0.05) is 23.7 Å². The van der Waals surface area contributed by atoms with Crippen LogP contribution in [0.4, 0.5) is 5.69 Å². The molecule has 0 radical (unpaired) electrons. The maximum Gasteiger partial charge on any atom is 0.162 e. The topological polar surface area (TPSA) is 44.5 Å². The van der Waals surface area contributed by atoms with Gasteiger partial charge in [-0.25, -0.2) is 0 Å². The molecule has 0 fully saturated rings. The number of hydrogen-bond donors (Lipinski definition) is 1. The van der Waals surface area contributed by atoms with E-state index in [0.717, 1.165) is 0 Å². The number of ether oxygens (including phenoxy) is 2. The Kier molecular flexibility index (Phi) is 3.73. The van der Waals surface area contributed by atoms with E-state index in [9.17, 15) is 0 Å². The van der Waals surface area contributed by atoms with Crippen LogP contribution < -0.4 is 15.2 Å². The zero-order valence-corrected chi connectivity index (χ0v) is 9.85. The maximum atomic E-state index is 5.78. The lowest BCUT2D eigenvalue weighted by molar-refractivity contribution is 0.387. The molecule has 2 aromatic rings. The molecule has 0 heterocycles. The van der Waals surface area contributed by atoms with Gasteiger partial charge in [-0.15, -0.1) is 0 Å². The molecular weight excluding hydrogens is 238 g/mol. The van der Waals surface area contributed by atoms with Crippen molar-refractivity contribution in [1.29, 1.82) is 0 Å². The smallest absolute Gasteiger partial charge is 0.162 e. The van der Waals surface area contributed by atoms with E-state index in [-0.39, 0.29) is 6.07 Å². The van der Waals surface area contributed by atoms with E-state index in [1.807, 2.05) is 18.2 Å². The predicted molar refractivity (Wildman–Crippen MR) is 68.7 cm³/mol. The fourth-order valence-corrected chi connectivity index (χ4v) is 1.49. The number of alkyl halides is 1. The fraction of sp³-hybridized carbons (Fsp3) is 0.0769. The van der Waals surface area contributed by atoms with Gasteiger partial charge in [-0.3, -0.25) is 0 Å². The van der Waals surface area contributed by atoms with Gasteiger partial charge in [0.05, 0.1) is 5.69 Å². The van der Waals surface area contributed by atoms with Crippen molar-refractivity contribution < 1.29 is 9.47 Å². The lowest BCUT2D eigenvalue weighted by atomic mass is 10.3. The van der Waals surface area contributed by atoms with Gasteiger partial charge in [-0.05, 0) is 36.4 Å². The minimum atomic E-state index is 0.131. The number of benzene rings is 2. The summed E-state index contributed by atoms with van der Waals surface area (Å²) in [4.78, 5) is 0. The van der Waals surface area contributed by atoms with Crippen molar-refractivity contribution in [2.75, 3.05) is 11.8 Å². The lowest BCUT2D eigenvalue weighted by Gasteiger charge is -2.08. The molecule has 3 nitrogen and oxygen atoms in total. The number of rotatable bonds is 4. The molecule has 2 aromatic carbocycles. The van der Waals surface area contributed by atoms with Crippen LogP contribution in [0.3, 0.4) is 0 Å². The summed E-state index contributed by atoms with van der Waals surface area (Å²) in [6.45, 7) is 0. The number of halogens is 1. The highest BCUT2D eigenvalue weighted by molar-refractivity contribution is 6.17. The first kappa shape index (κ1) is 11.6. The summed E-state index contributed by atoms with van der Waals surface area (Å²) in [6.07, 6.45) is 0. The zero-order valence-electron chi connectivity index (χ0n) is 9.10. The Morgan fingerprint density at radius 2 is 1.59 bits per heavy atom. The molecule has 0 aromatic heterocycles. The first-order chi connectivity index (χ1) is 8.29. The molecule has 2 rings (SSSR count). The molecular formula is C13H12ClNO2. The van der Waals surface area contributed by atoms with Crippen molar-refractivity contribution >= 4 is 17.3 Å². The lowest BCUT2D eigenvalue weighted by Crippen LogP contribution is -1.92. The summed E-state index contributed by atoms with van der Waals surface area (Å²) in [6, 6.07) is 14.7. The molecule has 0 aliphatic carbocycles. The number of para-hydroxylation sites is 2. The highest BCUT2D eigenvalue weighted by atomic mass is 35.5. The summed E-state index contributed by atoms with van der Waals surface area (Å²) in [5.41, 5.74) is 6.38. The monoisotopic (exact) mass is 249 g/mol. The van der Waals surface area contributed by atoms with Gasteiger partial charge in [0.25, 0.3) is 0 Å². The molecule has 0 saturated heterocycles. The van der Waals surface area contributed by atoms with Crippen LogP contribution in [0.2, 0.25) is 0 Å². The average molecular weight is 250 g/mol. The molecule has 0 bridgehead atoms. The molecule has 0 saturated carbocycles. The van der Waals surface area contributed by atoms with E-state index < -0.39 is 0 Å². The third-order valence-electron chi connectivity index (χ3n) is 2.19. The van der Waals surface area contributed by atoms with E-state index in [1.54, 1.807) is 30.3 Å². The van der Waals surface area contributed by atoms with Crippen molar-refractivity contribution in [3.05, 3.63) is 48.5 Å². The molecule has 0 aliphatic heterocycles. The Morgan fingerprint density at radius 1 is 0.941 bits per heavy atom. The number of anilines is 1. The van der Waals surface area contributed by atoms with Gasteiger partial charge in [0.2, 0.25) is 0 Å². The van der Waals surface area contributed by atoms with Crippen LogP contribution in [0, 0.1) is 0 Å². The van der Waals surface area contributed by atoms with Gasteiger partial charge >= 0.3 is 0 Å². The second-order valence-electron chi connectivity index (χ2n) is 3.36. The SMILES string of the molecule is Nc1ccccc1Oc1ccc(OCCl)cc1. The molecule has 0 spiro atoms. The summed E-state index contributed by atoms with van der Waals surface area (Å²) < 4.78 is 10.7. The summed E-state index contributed by atoms with van der Waals surface area (Å²) in [5, 5.41) is 0. The van der Waals surface area contributed by atoms with E-state index in [1.165, 1.54) is 0 Å². The Bertz CT molecular complexity index is 485. The Hall–Kier alpha value is -1.87. The highest BCUT2D eigenvalue weighted by Gasteiger charge is 2.01. The maximum absolute atomic E-state index is 5.78. The summed E-state index contributed by atoms with van der Waals surface area (Å²) in [5.74, 6) is 2.04. The first-order valence-corrected chi connectivity index (χ1v) is 5.64. The van der Waals surface area contributed by atoms with Gasteiger partial charge in [0.1, 0.15) is 17.2 Å². The highest BCUT2D eigenvalue weighted by Crippen LogP contribution is 2.28. The van der Waals surface area contributed by atoms with Crippen LogP contribution in [0.25, 0.3) is 0 Å². The van der Waals surface area contributed by atoms with E-state index in [4.69, 9.17) is 26.8 Å². The molecule has 2 N–H and O–H groups in total. The van der Waals surface area contributed by atoms with Gasteiger partial charge in [-0.2, -0.15) is 0 Å². The third kappa shape index (κ3) is 3.04. The molecule has 0 amide bonds. The van der Waals surface area contributed by atoms with Crippen molar-refractivity contribution in [2.45, 2.75) is 0 Å². The third-order valence-corrected chi connectivity index (χ3v) is 2.30. The zero-order chi connectivity index (χ0) is 12.1. The largest absolute Gasteiger partial charge is 0.478 e. The Morgan fingerprint density at radius 3 is 2.24 bits per heavy atom. The second kappa shape index (κ2) is 5.46. The summed E-state index contributed by atoms with van der Waals surface area (Å²) >= 11 is 5.46. The van der Waals surface area contributed by atoms with Crippen LogP contribution in [0.15, 0.2) is 48.5 Å². The number of hydrogen-bond acceptors (Lipinski definition) is 3. The molecule has 0 unspecified atom stereocenters. The van der Waals surface area contributed by atoms with Crippen molar-refractivity contribution in [3.63, 3.8) is 0 Å². The van der Waals surface area contributed by atoms with E-state index >= 15 is 0 Å². The predicted octanol–water partition coefficient (Wildman–Crippen LogP) is 3.64. The van der Waals surface area contributed by atoms with Crippen LogP contribution in [0.5, 0.6) is 17.2 Å². The summed E-state index contributed by atoms with van der Waals surface area (Å²) in [7, 11) is 0. The molecule has 0 atom stereocenters. The Balaban J connectivity index is 2.11. The van der Waals surface area contributed by atoms with Crippen LogP contribution in [-0.4, -0.2) is 6.07 Å². The van der Waals surface area contributed by atoms with Gasteiger partial charge in [0, 0.05) is 0 Å². The van der Waals surface area contributed by atoms with Gasteiger partial charge in [0.15, 0.2) is 6.07 Å². The van der Waals surface area contributed by atoms with Crippen LogP contribution >= 0.6 is 11.6 Å². The number of nitrogen functional groups attached to an aromatic ring is 1. The van der Waals surface area contributed by atoms with Crippen LogP contribution in [0.1, 0.15) is 0 Å². The fourth-order valence-electron chi connectivity index (χ4n) is 1.37. The quantitative estimate of drug-likeness (QED) is 0.665. The second-order valence-corrected chi connectivity index (χ2v) is 3.58. The molecule has 88 valence electrons. The average Bonchev–Trinajstić information content (AvgIpc) is 2.35.